The molecule has 1 aromatic carbocycles. The standard InChI is InChI=1S/C12H6BrFN2O2/c13-7-3-4-8(9(14)6-7)11-15-12(18-16-11)10-2-1-5-17-10/h1-6H. The van der Waals surface area contributed by atoms with Gasteiger partial charge >= 0.3 is 0 Å². The van der Waals surface area contributed by atoms with E-state index < -0.39 is 5.82 Å². The molecule has 3 rings (SSSR count). The molecule has 2 aromatic heterocycles. The van der Waals surface area contributed by atoms with Crippen molar-refractivity contribution in [3.05, 3.63) is 46.9 Å². The minimum Gasteiger partial charge on any atom is -0.459 e. The van der Waals surface area contributed by atoms with Gasteiger partial charge < -0.3 is 8.94 Å². The number of aromatic nitrogens is 2. The third-order valence-corrected chi connectivity index (χ3v) is 2.82. The van der Waals surface area contributed by atoms with E-state index in [2.05, 4.69) is 26.1 Å². The van der Waals surface area contributed by atoms with Crippen molar-refractivity contribution >= 4 is 15.9 Å². The Bertz CT molecular complexity index is 679. The summed E-state index contributed by atoms with van der Waals surface area (Å²) in [5, 5.41) is 3.73. The lowest BCUT2D eigenvalue weighted by Crippen LogP contribution is -1.86. The number of nitrogens with zero attached hydrogens (tertiary/aromatic N) is 2. The van der Waals surface area contributed by atoms with Gasteiger partial charge in [-0.3, -0.25) is 0 Å². The van der Waals surface area contributed by atoms with Crippen LogP contribution in [0.5, 0.6) is 0 Å². The van der Waals surface area contributed by atoms with Crippen LogP contribution >= 0.6 is 15.9 Å². The summed E-state index contributed by atoms with van der Waals surface area (Å²) in [6, 6.07) is 8.03. The Labute approximate surface area is 110 Å². The maximum absolute atomic E-state index is 13.7. The van der Waals surface area contributed by atoms with E-state index in [1.807, 2.05) is 0 Å². The molecule has 0 atom stereocenters. The number of furan rings is 1. The molecule has 0 N–H and O–H groups in total. The van der Waals surface area contributed by atoms with Gasteiger partial charge in [0, 0.05) is 4.47 Å². The van der Waals surface area contributed by atoms with Crippen molar-refractivity contribution in [3.8, 4) is 23.0 Å². The van der Waals surface area contributed by atoms with Gasteiger partial charge in [-0.1, -0.05) is 21.1 Å². The molecular formula is C12H6BrFN2O2. The van der Waals surface area contributed by atoms with Crippen LogP contribution < -0.4 is 0 Å². The predicted octanol–water partition coefficient (Wildman–Crippen LogP) is 3.90. The van der Waals surface area contributed by atoms with Gasteiger partial charge in [0.25, 0.3) is 5.89 Å². The van der Waals surface area contributed by atoms with E-state index in [-0.39, 0.29) is 17.3 Å². The Kier molecular flexibility index (Phi) is 2.71. The molecule has 0 saturated heterocycles. The molecule has 2 heterocycles. The van der Waals surface area contributed by atoms with Crippen LogP contribution in [-0.2, 0) is 0 Å². The molecule has 0 fully saturated rings. The zero-order chi connectivity index (χ0) is 12.5. The van der Waals surface area contributed by atoms with Gasteiger partial charge in [0.15, 0.2) is 5.76 Å². The fourth-order valence-corrected chi connectivity index (χ4v) is 1.84. The summed E-state index contributed by atoms with van der Waals surface area (Å²) < 4.78 is 24.5. The number of halogens is 2. The average Bonchev–Trinajstić information content (AvgIpc) is 2.99. The van der Waals surface area contributed by atoms with E-state index >= 15 is 0 Å². The van der Waals surface area contributed by atoms with Crippen LogP contribution in [0.3, 0.4) is 0 Å². The van der Waals surface area contributed by atoms with Gasteiger partial charge in [-0.25, -0.2) is 4.39 Å². The Morgan fingerprint density at radius 3 is 2.83 bits per heavy atom. The minimum absolute atomic E-state index is 0.186. The molecule has 90 valence electrons. The first-order valence-electron chi connectivity index (χ1n) is 5.07. The van der Waals surface area contributed by atoms with Crippen molar-refractivity contribution in [2.45, 2.75) is 0 Å². The third-order valence-electron chi connectivity index (χ3n) is 2.33. The number of benzene rings is 1. The molecular weight excluding hydrogens is 303 g/mol. The topological polar surface area (TPSA) is 52.1 Å². The van der Waals surface area contributed by atoms with E-state index in [4.69, 9.17) is 8.94 Å². The Balaban J connectivity index is 2.03. The number of hydrogen-bond acceptors (Lipinski definition) is 4. The summed E-state index contributed by atoms with van der Waals surface area (Å²) in [5.74, 6) is 0.436. The van der Waals surface area contributed by atoms with Gasteiger partial charge in [0.1, 0.15) is 5.82 Å². The fourth-order valence-electron chi connectivity index (χ4n) is 1.50. The fraction of sp³-hybridized carbons (Fsp3) is 0. The molecule has 0 radical (unpaired) electrons. The normalized spacial score (nSPS) is 10.8. The molecule has 18 heavy (non-hydrogen) atoms. The largest absolute Gasteiger partial charge is 0.459 e. The first kappa shape index (κ1) is 11.2. The highest BCUT2D eigenvalue weighted by molar-refractivity contribution is 9.10. The molecule has 0 aliphatic rings. The average molecular weight is 309 g/mol. The highest BCUT2D eigenvalue weighted by Gasteiger charge is 2.15. The van der Waals surface area contributed by atoms with Crippen LogP contribution in [-0.4, -0.2) is 10.1 Å². The smallest absolute Gasteiger partial charge is 0.293 e. The highest BCUT2D eigenvalue weighted by Crippen LogP contribution is 2.26. The second-order valence-corrected chi connectivity index (χ2v) is 4.44. The molecule has 0 aliphatic carbocycles. The third kappa shape index (κ3) is 1.95. The Morgan fingerprint density at radius 1 is 1.22 bits per heavy atom. The second-order valence-electron chi connectivity index (χ2n) is 3.52. The van der Waals surface area contributed by atoms with Crippen LogP contribution in [0.15, 0.2) is 50.0 Å². The summed E-state index contributed by atoms with van der Waals surface area (Å²) in [6.07, 6.45) is 1.50. The van der Waals surface area contributed by atoms with Crippen LogP contribution in [0.4, 0.5) is 4.39 Å². The monoisotopic (exact) mass is 308 g/mol. The first-order valence-corrected chi connectivity index (χ1v) is 5.86. The van der Waals surface area contributed by atoms with Crippen LogP contribution in [0, 0.1) is 5.82 Å². The van der Waals surface area contributed by atoms with Gasteiger partial charge in [-0.2, -0.15) is 4.98 Å². The predicted molar refractivity (Wildman–Crippen MR) is 65.1 cm³/mol. The van der Waals surface area contributed by atoms with Crippen molar-refractivity contribution in [1.82, 2.24) is 10.1 Å². The van der Waals surface area contributed by atoms with Crippen LogP contribution in [0.25, 0.3) is 23.0 Å². The second kappa shape index (κ2) is 4.38. The first-order chi connectivity index (χ1) is 8.74. The summed E-state index contributed by atoms with van der Waals surface area (Å²) in [7, 11) is 0. The lowest BCUT2D eigenvalue weighted by molar-refractivity contribution is 0.416. The number of hydrogen-bond donors (Lipinski definition) is 0. The summed E-state index contributed by atoms with van der Waals surface area (Å²) in [6.45, 7) is 0. The Morgan fingerprint density at radius 2 is 2.11 bits per heavy atom. The molecule has 0 bridgehead atoms. The van der Waals surface area contributed by atoms with Gasteiger partial charge in [-0.05, 0) is 30.3 Å². The van der Waals surface area contributed by atoms with Crippen molar-refractivity contribution in [1.29, 1.82) is 0 Å². The summed E-state index contributed by atoms with van der Waals surface area (Å²) in [5.41, 5.74) is 0.278. The molecule has 4 nitrogen and oxygen atoms in total. The van der Waals surface area contributed by atoms with Crippen molar-refractivity contribution in [3.63, 3.8) is 0 Å². The Hall–Kier alpha value is -1.95. The summed E-state index contributed by atoms with van der Waals surface area (Å²) >= 11 is 3.19. The van der Waals surface area contributed by atoms with Crippen LogP contribution in [0.1, 0.15) is 0 Å². The molecule has 0 amide bonds. The van der Waals surface area contributed by atoms with E-state index in [1.54, 1.807) is 24.3 Å². The SMILES string of the molecule is Fc1cc(Br)ccc1-c1noc(-c2ccco2)n1. The van der Waals surface area contributed by atoms with Gasteiger partial charge in [0.05, 0.1) is 11.8 Å². The minimum atomic E-state index is -0.420. The van der Waals surface area contributed by atoms with Crippen molar-refractivity contribution in [2.75, 3.05) is 0 Å². The lowest BCUT2D eigenvalue weighted by Gasteiger charge is -1.97. The van der Waals surface area contributed by atoms with Crippen molar-refractivity contribution < 1.29 is 13.3 Å². The molecule has 0 aliphatic heterocycles. The van der Waals surface area contributed by atoms with E-state index in [1.165, 1.54) is 12.3 Å². The maximum atomic E-state index is 13.7. The molecule has 0 spiro atoms. The van der Waals surface area contributed by atoms with E-state index in [0.717, 1.165) is 0 Å². The zero-order valence-electron chi connectivity index (χ0n) is 8.93. The van der Waals surface area contributed by atoms with Crippen LogP contribution in [0.2, 0.25) is 0 Å². The van der Waals surface area contributed by atoms with Gasteiger partial charge in [0.2, 0.25) is 5.82 Å². The zero-order valence-corrected chi connectivity index (χ0v) is 10.5. The van der Waals surface area contributed by atoms with Gasteiger partial charge in [-0.15, -0.1) is 0 Å². The number of rotatable bonds is 2. The molecule has 0 saturated carbocycles. The summed E-state index contributed by atoms with van der Waals surface area (Å²) in [4.78, 5) is 4.09. The maximum Gasteiger partial charge on any atom is 0.293 e. The quantitative estimate of drug-likeness (QED) is 0.720. The molecule has 6 heteroatoms. The van der Waals surface area contributed by atoms with E-state index in [9.17, 15) is 4.39 Å². The lowest BCUT2D eigenvalue weighted by atomic mass is 10.2. The molecule has 0 unspecified atom stereocenters. The van der Waals surface area contributed by atoms with Crippen molar-refractivity contribution in [2.24, 2.45) is 0 Å². The van der Waals surface area contributed by atoms with E-state index in [0.29, 0.717) is 10.2 Å². The highest BCUT2D eigenvalue weighted by atomic mass is 79.9. The molecule has 3 aromatic rings.